The van der Waals surface area contributed by atoms with Crippen molar-refractivity contribution >= 4 is 34.2 Å². The van der Waals surface area contributed by atoms with E-state index in [9.17, 15) is 4.79 Å². The fraction of sp³-hybridized carbons (Fsp3) is 0.667. The zero-order valence-electron chi connectivity index (χ0n) is 10.8. The Morgan fingerprint density at radius 3 is 2.61 bits per heavy atom. The Kier molecular flexibility index (Phi) is 3.53. The van der Waals surface area contributed by atoms with E-state index >= 15 is 0 Å². The molecule has 0 bridgehead atoms. The van der Waals surface area contributed by atoms with E-state index in [1.165, 1.54) is 6.33 Å². The van der Waals surface area contributed by atoms with Crippen LogP contribution in [0, 0.1) is 3.57 Å². The second-order valence-electron chi connectivity index (χ2n) is 5.75. The first-order chi connectivity index (χ1) is 8.14. The molecule has 4 nitrogen and oxygen atoms in total. The summed E-state index contributed by atoms with van der Waals surface area (Å²) < 4.78 is 8.10. The molecule has 0 N–H and O–H groups in total. The lowest BCUT2D eigenvalue weighted by Crippen LogP contribution is -2.37. The summed E-state index contributed by atoms with van der Waals surface area (Å²) in [6, 6.07) is -0.0294. The summed E-state index contributed by atoms with van der Waals surface area (Å²) in [5.74, 6) is 0. The lowest BCUT2D eigenvalue weighted by molar-refractivity contribution is -0.0732. The van der Waals surface area contributed by atoms with Crippen LogP contribution in [-0.4, -0.2) is 20.8 Å². The average molecular weight is 383 g/mol. The summed E-state index contributed by atoms with van der Waals surface area (Å²) in [6.45, 7) is 8.07. The van der Waals surface area contributed by atoms with Gasteiger partial charge < -0.3 is 4.74 Å². The van der Waals surface area contributed by atoms with E-state index in [0.717, 1.165) is 6.42 Å². The van der Waals surface area contributed by atoms with E-state index in [2.05, 4.69) is 4.98 Å². The van der Waals surface area contributed by atoms with Gasteiger partial charge in [-0.05, 0) is 56.7 Å². The van der Waals surface area contributed by atoms with Gasteiger partial charge in [-0.2, -0.15) is 0 Å². The standard InChI is InChI=1S/C12H16ClIN2O2/c1-11(2)5-7(12(3,4)18-11)16-6-15-9(13)8(14)10(16)17/h6-7H,5H2,1-4H3. The van der Waals surface area contributed by atoms with Crippen LogP contribution in [0.1, 0.15) is 40.2 Å². The lowest BCUT2D eigenvalue weighted by Gasteiger charge is -2.28. The van der Waals surface area contributed by atoms with Crippen LogP contribution in [-0.2, 0) is 4.74 Å². The highest BCUT2D eigenvalue weighted by Crippen LogP contribution is 2.44. The molecule has 1 aliphatic heterocycles. The Morgan fingerprint density at radius 1 is 1.50 bits per heavy atom. The SMILES string of the molecule is CC1(C)CC(n2cnc(Cl)c(I)c2=O)C(C)(C)O1. The van der Waals surface area contributed by atoms with Crippen LogP contribution >= 0.6 is 34.2 Å². The summed E-state index contributed by atoms with van der Waals surface area (Å²) in [7, 11) is 0. The molecule has 0 spiro atoms. The third kappa shape index (κ3) is 2.44. The first-order valence-corrected chi connectivity index (χ1v) is 7.22. The molecule has 1 saturated heterocycles. The summed E-state index contributed by atoms with van der Waals surface area (Å²) >= 11 is 7.79. The molecule has 1 aliphatic rings. The lowest BCUT2D eigenvalue weighted by atomic mass is 9.94. The summed E-state index contributed by atoms with van der Waals surface area (Å²) in [5.41, 5.74) is -0.736. The highest BCUT2D eigenvalue weighted by Gasteiger charge is 2.47. The molecule has 100 valence electrons. The van der Waals surface area contributed by atoms with Crippen molar-refractivity contribution in [1.29, 1.82) is 0 Å². The Labute approximate surface area is 125 Å². The number of aromatic nitrogens is 2. The molecule has 0 saturated carbocycles. The third-order valence-corrected chi connectivity index (χ3v) is 4.84. The second kappa shape index (κ2) is 4.45. The van der Waals surface area contributed by atoms with Crippen molar-refractivity contribution in [3.05, 3.63) is 25.4 Å². The van der Waals surface area contributed by atoms with Gasteiger partial charge in [0.15, 0.2) is 0 Å². The van der Waals surface area contributed by atoms with Crippen molar-refractivity contribution in [3.63, 3.8) is 0 Å². The molecule has 2 heterocycles. The Balaban J connectivity index is 2.51. The van der Waals surface area contributed by atoms with Crippen molar-refractivity contribution in [3.8, 4) is 0 Å². The molecular formula is C12H16ClIN2O2. The highest BCUT2D eigenvalue weighted by atomic mass is 127. The highest BCUT2D eigenvalue weighted by molar-refractivity contribution is 14.1. The van der Waals surface area contributed by atoms with E-state index in [1.807, 2.05) is 50.3 Å². The number of rotatable bonds is 1. The number of nitrogens with zero attached hydrogens (tertiary/aromatic N) is 2. The van der Waals surface area contributed by atoms with Crippen molar-refractivity contribution in [2.24, 2.45) is 0 Å². The predicted molar refractivity (Wildman–Crippen MR) is 79.1 cm³/mol. The van der Waals surface area contributed by atoms with Gasteiger partial charge in [-0.25, -0.2) is 4.98 Å². The summed E-state index contributed by atoms with van der Waals surface area (Å²) in [4.78, 5) is 16.3. The molecule has 0 amide bonds. The van der Waals surface area contributed by atoms with Crippen molar-refractivity contribution in [2.75, 3.05) is 0 Å². The minimum Gasteiger partial charge on any atom is -0.367 e. The van der Waals surface area contributed by atoms with Crippen LogP contribution in [0.2, 0.25) is 5.15 Å². The summed E-state index contributed by atoms with van der Waals surface area (Å²) in [5, 5.41) is 0.257. The predicted octanol–water partition coefficient (Wildman–Crippen LogP) is 3.02. The molecule has 1 fully saturated rings. The van der Waals surface area contributed by atoms with Gasteiger partial charge in [0.2, 0.25) is 0 Å². The van der Waals surface area contributed by atoms with Crippen molar-refractivity contribution < 1.29 is 4.74 Å². The van der Waals surface area contributed by atoms with E-state index in [4.69, 9.17) is 16.3 Å². The molecule has 1 aromatic heterocycles. The topological polar surface area (TPSA) is 44.1 Å². The molecule has 2 rings (SSSR count). The fourth-order valence-corrected chi connectivity index (χ4v) is 3.15. The molecule has 1 unspecified atom stereocenters. The first-order valence-electron chi connectivity index (χ1n) is 5.76. The number of halogens is 2. The normalized spacial score (nSPS) is 25.3. The molecule has 0 aliphatic carbocycles. The number of ether oxygens (including phenoxy) is 1. The van der Waals surface area contributed by atoms with Gasteiger partial charge in [-0.3, -0.25) is 9.36 Å². The monoisotopic (exact) mass is 382 g/mol. The number of hydrogen-bond acceptors (Lipinski definition) is 3. The average Bonchev–Trinajstić information content (AvgIpc) is 2.44. The minimum absolute atomic E-state index is 0.0294. The number of hydrogen-bond donors (Lipinski definition) is 0. The molecule has 1 atom stereocenters. The van der Waals surface area contributed by atoms with Gasteiger partial charge >= 0.3 is 0 Å². The van der Waals surface area contributed by atoms with Crippen LogP contribution in [0.4, 0.5) is 0 Å². The zero-order valence-corrected chi connectivity index (χ0v) is 13.7. The Hall–Kier alpha value is -0.140. The van der Waals surface area contributed by atoms with Crippen LogP contribution in [0.15, 0.2) is 11.1 Å². The van der Waals surface area contributed by atoms with Gasteiger partial charge in [0.1, 0.15) is 8.72 Å². The van der Waals surface area contributed by atoms with Crippen molar-refractivity contribution in [1.82, 2.24) is 9.55 Å². The maximum atomic E-state index is 12.3. The molecule has 18 heavy (non-hydrogen) atoms. The minimum atomic E-state index is -0.397. The van der Waals surface area contributed by atoms with E-state index in [-0.39, 0.29) is 22.4 Å². The van der Waals surface area contributed by atoms with Gasteiger partial charge in [0, 0.05) is 0 Å². The largest absolute Gasteiger partial charge is 0.367 e. The molecule has 0 aromatic carbocycles. The van der Waals surface area contributed by atoms with Gasteiger partial charge in [0.05, 0.1) is 23.6 Å². The smallest absolute Gasteiger partial charge is 0.268 e. The van der Waals surface area contributed by atoms with Crippen LogP contribution in [0.25, 0.3) is 0 Å². The van der Waals surface area contributed by atoms with Crippen LogP contribution < -0.4 is 5.56 Å². The van der Waals surface area contributed by atoms with E-state index in [1.54, 1.807) is 4.57 Å². The molecule has 1 aromatic rings. The zero-order chi connectivity index (χ0) is 13.7. The van der Waals surface area contributed by atoms with Gasteiger partial charge in [-0.15, -0.1) is 0 Å². The quantitative estimate of drug-likeness (QED) is 0.554. The molecule has 6 heteroatoms. The molecule has 0 radical (unpaired) electrons. The van der Waals surface area contributed by atoms with Crippen molar-refractivity contribution in [2.45, 2.75) is 51.4 Å². The van der Waals surface area contributed by atoms with Gasteiger partial charge in [-0.1, -0.05) is 11.6 Å². The van der Waals surface area contributed by atoms with Gasteiger partial charge in [0.25, 0.3) is 5.56 Å². The van der Waals surface area contributed by atoms with E-state index in [0.29, 0.717) is 3.57 Å². The third-order valence-electron chi connectivity index (χ3n) is 3.26. The maximum absolute atomic E-state index is 12.3. The maximum Gasteiger partial charge on any atom is 0.268 e. The van der Waals surface area contributed by atoms with Crippen LogP contribution in [0.3, 0.4) is 0 Å². The van der Waals surface area contributed by atoms with Crippen LogP contribution in [0.5, 0.6) is 0 Å². The Bertz CT molecular complexity index is 539. The first kappa shape index (κ1) is 14.3. The molecular weight excluding hydrogens is 367 g/mol. The van der Waals surface area contributed by atoms with E-state index < -0.39 is 5.60 Å². The second-order valence-corrected chi connectivity index (χ2v) is 7.18. The Morgan fingerprint density at radius 2 is 2.11 bits per heavy atom. The summed E-state index contributed by atoms with van der Waals surface area (Å²) in [6.07, 6.45) is 2.29. The fourth-order valence-electron chi connectivity index (χ4n) is 2.61.